The average Bonchev–Trinajstić information content (AvgIpc) is 2.66. The zero-order valence-electron chi connectivity index (χ0n) is 14.8. The summed E-state index contributed by atoms with van der Waals surface area (Å²) in [5.41, 5.74) is 7.00. The van der Waals surface area contributed by atoms with E-state index in [1.165, 1.54) is 12.3 Å². The lowest BCUT2D eigenvalue weighted by Gasteiger charge is -2.21. The van der Waals surface area contributed by atoms with Crippen molar-refractivity contribution in [2.45, 2.75) is 19.4 Å². The van der Waals surface area contributed by atoms with E-state index in [-0.39, 0.29) is 17.5 Å². The fourth-order valence-corrected chi connectivity index (χ4v) is 2.68. The molecule has 6 nitrogen and oxygen atoms in total. The number of aryl methyl sites for hydroxylation is 1. The largest absolute Gasteiger partial charge is 0.465 e. The maximum absolute atomic E-state index is 14.5. The Labute approximate surface area is 160 Å². The van der Waals surface area contributed by atoms with E-state index >= 15 is 0 Å². The molecule has 144 valence electrons. The standard InChI is InChI=1S/C17H16ClFN4O2.CH3F/c1-9-6-11(22-16(24)14-3-2-10(18)8-21-14)7-12(15(9)19)13-4-5-25-17(20)23-13;1-2/h2-3,6-8,13H,4-5H2,1H3,(H2,20,23)(H,22,24);1H3. The van der Waals surface area contributed by atoms with E-state index in [1.54, 1.807) is 25.1 Å². The van der Waals surface area contributed by atoms with Crippen molar-refractivity contribution >= 4 is 29.2 Å². The molecule has 0 aliphatic carbocycles. The number of carbonyl (C=O) groups excluding carboxylic acids is 1. The number of nitrogens with zero attached hydrogens (tertiary/aromatic N) is 2. The number of amides is 1. The van der Waals surface area contributed by atoms with Gasteiger partial charge in [0.15, 0.2) is 0 Å². The predicted molar refractivity (Wildman–Crippen MR) is 100 cm³/mol. The van der Waals surface area contributed by atoms with Crippen LogP contribution >= 0.6 is 11.6 Å². The summed E-state index contributed by atoms with van der Waals surface area (Å²) in [6, 6.07) is 5.79. The number of alkyl halides is 1. The van der Waals surface area contributed by atoms with E-state index in [0.717, 1.165) is 0 Å². The van der Waals surface area contributed by atoms with Gasteiger partial charge in [-0.05, 0) is 36.8 Å². The fraction of sp³-hybridized carbons (Fsp3) is 0.278. The molecule has 0 bridgehead atoms. The molecule has 3 rings (SSSR count). The number of hydrogen-bond donors (Lipinski definition) is 2. The smallest absolute Gasteiger partial charge is 0.282 e. The van der Waals surface area contributed by atoms with Crippen LogP contribution in [0.2, 0.25) is 5.02 Å². The first-order valence-corrected chi connectivity index (χ1v) is 8.38. The third kappa shape index (κ3) is 5.13. The number of nitrogens with two attached hydrogens (primary N) is 1. The molecule has 1 aromatic carbocycles. The lowest BCUT2D eigenvalue weighted by atomic mass is 10.00. The monoisotopic (exact) mass is 396 g/mol. The molecule has 0 saturated heterocycles. The molecule has 1 aromatic heterocycles. The molecule has 2 aromatic rings. The summed E-state index contributed by atoms with van der Waals surface area (Å²) in [6.45, 7) is 1.99. The third-order valence-electron chi connectivity index (χ3n) is 3.78. The second kappa shape index (κ2) is 9.27. The Hall–Kier alpha value is -2.74. The highest BCUT2D eigenvalue weighted by molar-refractivity contribution is 6.30. The van der Waals surface area contributed by atoms with E-state index in [9.17, 15) is 13.6 Å². The summed E-state index contributed by atoms with van der Waals surface area (Å²) in [6.07, 6.45) is 1.89. The number of halogens is 3. The molecule has 1 aliphatic heterocycles. The number of nitrogens with one attached hydrogen (secondary N) is 1. The lowest BCUT2D eigenvalue weighted by Crippen LogP contribution is -2.24. The van der Waals surface area contributed by atoms with Crippen molar-refractivity contribution in [1.29, 1.82) is 0 Å². The zero-order chi connectivity index (χ0) is 20.0. The van der Waals surface area contributed by atoms with Crippen molar-refractivity contribution < 1.29 is 18.3 Å². The lowest BCUT2D eigenvalue weighted by molar-refractivity contribution is 0.102. The minimum atomic E-state index is -0.446. The van der Waals surface area contributed by atoms with Gasteiger partial charge in [0.25, 0.3) is 11.9 Å². The number of hydrogen-bond acceptors (Lipinski definition) is 5. The topological polar surface area (TPSA) is 89.6 Å². The van der Waals surface area contributed by atoms with Crippen molar-refractivity contribution in [2.24, 2.45) is 10.7 Å². The van der Waals surface area contributed by atoms with Crippen LogP contribution in [0.15, 0.2) is 35.5 Å². The molecular formula is C18H19ClF2N4O2. The maximum Gasteiger partial charge on any atom is 0.282 e. The summed E-state index contributed by atoms with van der Waals surface area (Å²) in [5.74, 6) is -0.783. The van der Waals surface area contributed by atoms with Crippen LogP contribution in [0.4, 0.5) is 14.5 Å². The highest BCUT2D eigenvalue weighted by Gasteiger charge is 2.22. The number of pyridine rings is 1. The zero-order valence-corrected chi connectivity index (χ0v) is 15.6. The highest BCUT2D eigenvalue weighted by atomic mass is 35.5. The van der Waals surface area contributed by atoms with Crippen LogP contribution in [0.25, 0.3) is 0 Å². The minimum Gasteiger partial charge on any atom is -0.465 e. The number of rotatable bonds is 3. The maximum atomic E-state index is 14.5. The predicted octanol–water partition coefficient (Wildman–Crippen LogP) is 3.80. The second-order valence-corrected chi connectivity index (χ2v) is 6.07. The number of aromatic nitrogens is 1. The molecule has 2 heterocycles. The number of amidine groups is 1. The molecule has 0 fully saturated rings. The van der Waals surface area contributed by atoms with Crippen molar-refractivity contribution in [3.8, 4) is 0 Å². The minimum absolute atomic E-state index is 0.0353. The highest BCUT2D eigenvalue weighted by Crippen LogP contribution is 2.30. The molecule has 9 heteroatoms. The molecule has 3 N–H and O–H groups in total. The van der Waals surface area contributed by atoms with Crippen molar-refractivity contribution in [2.75, 3.05) is 19.1 Å². The van der Waals surface area contributed by atoms with Crippen molar-refractivity contribution in [3.63, 3.8) is 0 Å². The van der Waals surface area contributed by atoms with Crippen LogP contribution in [-0.2, 0) is 4.74 Å². The Morgan fingerprint density at radius 2 is 2.11 bits per heavy atom. The van der Waals surface area contributed by atoms with Gasteiger partial charge in [-0.25, -0.2) is 14.4 Å². The molecule has 27 heavy (non-hydrogen) atoms. The molecule has 1 atom stereocenters. The number of carbonyl (C=O) groups is 1. The average molecular weight is 397 g/mol. The van der Waals surface area contributed by atoms with Crippen LogP contribution in [0.1, 0.15) is 34.1 Å². The van der Waals surface area contributed by atoms with E-state index < -0.39 is 11.9 Å². The first-order chi connectivity index (χ1) is 12.9. The number of anilines is 1. The Morgan fingerprint density at radius 1 is 1.37 bits per heavy atom. The normalized spacial score (nSPS) is 15.7. The summed E-state index contributed by atoms with van der Waals surface area (Å²) < 4.78 is 29.1. The van der Waals surface area contributed by atoms with Gasteiger partial charge in [-0.1, -0.05) is 11.6 Å². The van der Waals surface area contributed by atoms with Crippen molar-refractivity contribution in [3.05, 3.63) is 58.1 Å². The molecule has 0 saturated carbocycles. The van der Waals surface area contributed by atoms with Gasteiger partial charge in [-0.2, -0.15) is 0 Å². The molecular weight excluding hydrogens is 378 g/mol. The van der Waals surface area contributed by atoms with E-state index in [2.05, 4.69) is 15.3 Å². The first-order valence-electron chi connectivity index (χ1n) is 8.01. The number of benzene rings is 1. The van der Waals surface area contributed by atoms with Crippen LogP contribution in [0.5, 0.6) is 0 Å². The van der Waals surface area contributed by atoms with Gasteiger partial charge in [0.05, 0.1) is 24.8 Å². The summed E-state index contributed by atoms with van der Waals surface area (Å²) in [7, 11) is 0.500. The second-order valence-electron chi connectivity index (χ2n) is 5.63. The van der Waals surface area contributed by atoms with Gasteiger partial charge < -0.3 is 15.8 Å². The summed E-state index contributed by atoms with van der Waals surface area (Å²) >= 11 is 5.76. The Morgan fingerprint density at radius 3 is 2.74 bits per heavy atom. The van der Waals surface area contributed by atoms with Gasteiger partial charge in [-0.3, -0.25) is 9.18 Å². The van der Waals surface area contributed by atoms with Gasteiger partial charge in [0.2, 0.25) is 0 Å². The summed E-state index contributed by atoms with van der Waals surface area (Å²) in [4.78, 5) is 20.4. The van der Waals surface area contributed by atoms with Gasteiger partial charge in [-0.15, -0.1) is 0 Å². The van der Waals surface area contributed by atoms with Crippen LogP contribution < -0.4 is 11.1 Å². The summed E-state index contributed by atoms with van der Waals surface area (Å²) in [5, 5.41) is 3.15. The van der Waals surface area contributed by atoms with E-state index in [0.29, 0.717) is 42.0 Å². The molecule has 1 aliphatic rings. The van der Waals surface area contributed by atoms with Gasteiger partial charge in [0, 0.05) is 23.9 Å². The third-order valence-corrected chi connectivity index (χ3v) is 4.01. The molecule has 0 radical (unpaired) electrons. The van der Waals surface area contributed by atoms with Crippen LogP contribution in [-0.4, -0.2) is 30.7 Å². The Balaban J connectivity index is 0.00000126. The van der Waals surface area contributed by atoms with E-state index in [1.807, 2.05) is 0 Å². The molecule has 0 spiro atoms. The SMILES string of the molecule is CF.Cc1cc(NC(=O)c2ccc(Cl)cn2)cc(C2CCOC(N)=N2)c1F. The van der Waals surface area contributed by atoms with Gasteiger partial charge >= 0.3 is 0 Å². The van der Waals surface area contributed by atoms with Crippen LogP contribution in [0.3, 0.4) is 0 Å². The van der Waals surface area contributed by atoms with Gasteiger partial charge in [0.1, 0.15) is 11.5 Å². The first kappa shape index (κ1) is 20.6. The number of ether oxygens (including phenoxy) is 1. The number of aliphatic imine (C=N–C) groups is 1. The van der Waals surface area contributed by atoms with Crippen molar-refractivity contribution in [1.82, 2.24) is 4.98 Å². The fourth-order valence-electron chi connectivity index (χ4n) is 2.57. The molecule has 1 unspecified atom stereocenters. The van der Waals surface area contributed by atoms with E-state index in [4.69, 9.17) is 22.1 Å². The Kier molecular flexibility index (Phi) is 7.06. The Bertz CT molecular complexity index is 844. The molecule has 1 amide bonds. The van der Waals surface area contributed by atoms with Crippen LogP contribution in [0, 0.1) is 12.7 Å². The quantitative estimate of drug-likeness (QED) is 0.825.